The average molecular weight is 379 g/mol. The van der Waals surface area contributed by atoms with Gasteiger partial charge in [-0.1, -0.05) is 0 Å². The van der Waals surface area contributed by atoms with Crippen LogP contribution in [-0.2, 0) is 0 Å². The third kappa shape index (κ3) is 3.29. The number of hydrogen-bond donors (Lipinski definition) is 1. The van der Waals surface area contributed by atoms with Crippen LogP contribution in [0.1, 0.15) is 24.4 Å². The molecule has 3 aromatic heterocycles. The third-order valence-electron chi connectivity index (χ3n) is 4.34. The Morgan fingerprint density at radius 1 is 1.11 bits per heavy atom. The smallest absolute Gasteiger partial charge is 0.166 e. The zero-order valence-electron chi connectivity index (χ0n) is 15.3. The Kier molecular flexibility index (Phi) is 4.48. The van der Waals surface area contributed by atoms with Gasteiger partial charge in [-0.15, -0.1) is 0 Å². The number of aromatic nitrogens is 6. The Bertz CT molecular complexity index is 1110. The van der Waals surface area contributed by atoms with Gasteiger partial charge in [0, 0.05) is 24.0 Å². The Labute approximate surface area is 160 Å². The molecule has 9 heteroatoms. The Balaban J connectivity index is 1.69. The van der Waals surface area contributed by atoms with Gasteiger partial charge in [0.15, 0.2) is 11.6 Å². The van der Waals surface area contributed by atoms with E-state index in [2.05, 4.69) is 20.2 Å². The van der Waals surface area contributed by atoms with Crippen LogP contribution in [0.3, 0.4) is 0 Å². The van der Waals surface area contributed by atoms with Crippen LogP contribution in [0.15, 0.2) is 55.2 Å². The molecular weight excluding hydrogens is 361 g/mol. The molecule has 0 aliphatic rings. The van der Waals surface area contributed by atoms with Crippen molar-refractivity contribution in [2.75, 3.05) is 5.73 Å². The molecule has 3 heterocycles. The van der Waals surface area contributed by atoms with Crippen molar-refractivity contribution in [3.05, 3.63) is 72.5 Å². The van der Waals surface area contributed by atoms with Gasteiger partial charge in [0.05, 0.1) is 30.0 Å². The highest BCUT2D eigenvalue weighted by Gasteiger charge is 2.18. The summed E-state index contributed by atoms with van der Waals surface area (Å²) in [6.45, 7) is 3.69. The van der Waals surface area contributed by atoms with E-state index in [9.17, 15) is 4.39 Å². The summed E-state index contributed by atoms with van der Waals surface area (Å²) < 4.78 is 21.8. The van der Waals surface area contributed by atoms with Gasteiger partial charge in [0.1, 0.15) is 17.7 Å². The molecule has 0 saturated carbocycles. The minimum atomic E-state index is -0.528. The zero-order valence-corrected chi connectivity index (χ0v) is 15.3. The average Bonchev–Trinajstić information content (AvgIpc) is 3.35. The van der Waals surface area contributed by atoms with Crippen LogP contribution in [-0.4, -0.2) is 29.5 Å². The van der Waals surface area contributed by atoms with Gasteiger partial charge in [-0.25, -0.2) is 14.4 Å². The summed E-state index contributed by atoms with van der Waals surface area (Å²) in [6.07, 6.45) is 7.74. The molecule has 28 heavy (non-hydrogen) atoms. The standard InChI is InChI=1S/C19H18FN7O/c1-12(16-9-14(20)3-4-17(16)27-24-5-6-25-27)28-18-10-15(11-23-19(18)21)26-8-7-22-13(26)2/h3-12H,1-2H3,(H2,21,23)/t12-/m1/s1. The lowest BCUT2D eigenvalue weighted by Crippen LogP contribution is -2.12. The number of nitrogen functional groups attached to an aromatic ring is 1. The highest BCUT2D eigenvalue weighted by molar-refractivity contribution is 5.52. The summed E-state index contributed by atoms with van der Waals surface area (Å²) in [5.41, 5.74) is 7.97. The van der Waals surface area contributed by atoms with Crippen molar-refractivity contribution in [3.63, 3.8) is 0 Å². The minimum Gasteiger partial charge on any atom is -0.482 e. The number of ether oxygens (including phenoxy) is 1. The van der Waals surface area contributed by atoms with E-state index in [0.717, 1.165) is 11.5 Å². The van der Waals surface area contributed by atoms with E-state index in [0.29, 0.717) is 17.0 Å². The van der Waals surface area contributed by atoms with Gasteiger partial charge in [-0.2, -0.15) is 15.0 Å². The number of benzene rings is 1. The molecule has 0 saturated heterocycles. The second-order valence-electron chi connectivity index (χ2n) is 6.20. The molecule has 1 atom stereocenters. The first kappa shape index (κ1) is 17.7. The second-order valence-corrected chi connectivity index (χ2v) is 6.20. The molecule has 0 radical (unpaired) electrons. The van der Waals surface area contributed by atoms with Gasteiger partial charge in [-0.05, 0) is 32.0 Å². The van der Waals surface area contributed by atoms with Gasteiger partial charge in [-0.3, -0.25) is 0 Å². The van der Waals surface area contributed by atoms with Gasteiger partial charge >= 0.3 is 0 Å². The van der Waals surface area contributed by atoms with Crippen molar-refractivity contribution in [1.82, 2.24) is 29.5 Å². The normalized spacial score (nSPS) is 12.1. The number of aryl methyl sites for hydroxylation is 1. The van der Waals surface area contributed by atoms with Gasteiger partial charge in [0.25, 0.3) is 0 Å². The molecule has 142 valence electrons. The molecule has 1 aromatic carbocycles. The lowest BCUT2D eigenvalue weighted by Gasteiger charge is -2.19. The first-order valence-electron chi connectivity index (χ1n) is 8.61. The molecule has 8 nitrogen and oxygen atoms in total. The van der Waals surface area contributed by atoms with E-state index < -0.39 is 6.10 Å². The van der Waals surface area contributed by atoms with Crippen LogP contribution >= 0.6 is 0 Å². The zero-order chi connectivity index (χ0) is 19.7. The largest absolute Gasteiger partial charge is 0.482 e. The summed E-state index contributed by atoms with van der Waals surface area (Å²) in [5, 5.41) is 8.24. The third-order valence-corrected chi connectivity index (χ3v) is 4.34. The number of imidazole rings is 1. The minimum absolute atomic E-state index is 0.239. The molecule has 2 N–H and O–H groups in total. The highest BCUT2D eigenvalue weighted by Crippen LogP contribution is 2.30. The molecule has 4 rings (SSSR count). The highest BCUT2D eigenvalue weighted by atomic mass is 19.1. The lowest BCUT2D eigenvalue weighted by atomic mass is 10.1. The van der Waals surface area contributed by atoms with E-state index in [4.69, 9.17) is 10.5 Å². The lowest BCUT2D eigenvalue weighted by molar-refractivity contribution is 0.226. The van der Waals surface area contributed by atoms with Crippen molar-refractivity contribution in [2.24, 2.45) is 0 Å². The predicted molar refractivity (Wildman–Crippen MR) is 101 cm³/mol. The van der Waals surface area contributed by atoms with Crippen LogP contribution in [0.4, 0.5) is 10.2 Å². The second kappa shape index (κ2) is 7.10. The Morgan fingerprint density at radius 2 is 1.89 bits per heavy atom. The summed E-state index contributed by atoms with van der Waals surface area (Å²) in [4.78, 5) is 9.84. The molecule has 0 amide bonds. The predicted octanol–water partition coefficient (Wildman–Crippen LogP) is 3.02. The maximum Gasteiger partial charge on any atom is 0.166 e. The van der Waals surface area contributed by atoms with E-state index >= 15 is 0 Å². The molecule has 0 unspecified atom stereocenters. The summed E-state index contributed by atoms with van der Waals surface area (Å²) in [7, 11) is 0. The van der Waals surface area contributed by atoms with Crippen molar-refractivity contribution in [2.45, 2.75) is 20.0 Å². The summed E-state index contributed by atoms with van der Waals surface area (Å²) >= 11 is 0. The number of nitrogens with two attached hydrogens (primary N) is 1. The van der Waals surface area contributed by atoms with E-state index in [-0.39, 0.29) is 11.6 Å². The molecule has 4 aromatic rings. The first-order chi connectivity index (χ1) is 13.5. The van der Waals surface area contributed by atoms with E-state index in [1.165, 1.54) is 16.9 Å². The fourth-order valence-electron chi connectivity index (χ4n) is 2.95. The molecule has 0 aliphatic heterocycles. The fourth-order valence-corrected chi connectivity index (χ4v) is 2.95. The maximum atomic E-state index is 13.9. The number of nitrogens with zero attached hydrogens (tertiary/aromatic N) is 6. The van der Waals surface area contributed by atoms with Crippen molar-refractivity contribution in [3.8, 4) is 17.1 Å². The Morgan fingerprint density at radius 3 is 2.61 bits per heavy atom. The number of halogens is 1. The van der Waals surface area contributed by atoms with Crippen molar-refractivity contribution < 1.29 is 9.13 Å². The number of anilines is 1. The summed E-state index contributed by atoms with van der Waals surface area (Å²) in [6, 6.07) is 6.14. The van der Waals surface area contributed by atoms with Crippen LogP contribution in [0.25, 0.3) is 11.4 Å². The van der Waals surface area contributed by atoms with Gasteiger partial charge < -0.3 is 15.0 Å². The number of hydrogen-bond acceptors (Lipinski definition) is 6. The van der Waals surface area contributed by atoms with Gasteiger partial charge in [0.2, 0.25) is 0 Å². The molecule has 0 fully saturated rings. The van der Waals surface area contributed by atoms with E-state index in [1.807, 2.05) is 17.7 Å². The van der Waals surface area contributed by atoms with Crippen LogP contribution in [0, 0.1) is 12.7 Å². The quantitative estimate of drug-likeness (QED) is 0.573. The van der Waals surface area contributed by atoms with Crippen LogP contribution < -0.4 is 10.5 Å². The molecule has 0 spiro atoms. The van der Waals surface area contributed by atoms with E-state index in [1.54, 1.807) is 43.8 Å². The van der Waals surface area contributed by atoms with Crippen LogP contribution in [0.5, 0.6) is 5.75 Å². The summed E-state index contributed by atoms with van der Waals surface area (Å²) in [5.74, 6) is 1.06. The van der Waals surface area contributed by atoms with Crippen LogP contribution in [0.2, 0.25) is 0 Å². The maximum absolute atomic E-state index is 13.9. The monoisotopic (exact) mass is 379 g/mol. The number of rotatable bonds is 5. The first-order valence-corrected chi connectivity index (χ1v) is 8.61. The molecular formula is C19H18FN7O. The Hall–Kier alpha value is -3.75. The van der Waals surface area contributed by atoms with Crippen molar-refractivity contribution >= 4 is 5.82 Å². The SMILES string of the molecule is Cc1nccn1-c1cnc(N)c(O[C@H](C)c2cc(F)ccc2-n2nccn2)c1. The molecule has 0 aliphatic carbocycles. The topological polar surface area (TPSA) is 96.7 Å². The fraction of sp³-hybridized carbons (Fsp3) is 0.158. The molecule has 0 bridgehead atoms. The number of pyridine rings is 1. The van der Waals surface area contributed by atoms with Crippen molar-refractivity contribution in [1.29, 1.82) is 0 Å².